The van der Waals surface area contributed by atoms with Crippen LogP contribution in [0, 0.1) is 5.69 Å². The molecule has 3 aliphatic heterocycles. The van der Waals surface area contributed by atoms with E-state index in [9.17, 15) is 19.4 Å². The number of nitrogen functional groups attached to an aromatic ring is 2. The summed E-state index contributed by atoms with van der Waals surface area (Å²) in [6.07, 6.45) is -8.68. The predicted molar refractivity (Wildman–Crippen MR) is 159 cm³/mol. The molecule has 7 N–H and O–H groups in total. The van der Waals surface area contributed by atoms with Crippen molar-refractivity contribution in [3.63, 3.8) is 0 Å². The monoisotopic (exact) mass is 720 g/mol. The average Bonchev–Trinajstić information content (AvgIpc) is 3.77. The second-order valence-corrected chi connectivity index (χ2v) is 16.5. The molecule has 4 aromatic heterocycles. The number of fused-ring (bicyclic) bond motifs is 5. The van der Waals surface area contributed by atoms with E-state index in [-0.39, 0.29) is 44.9 Å². The Kier molecular flexibility index (Phi) is 7.96. The van der Waals surface area contributed by atoms with Gasteiger partial charge >= 0.3 is 13.5 Å². The molecule has 2 bridgehead atoms. The number of ether oxygens (including phenoxy) is 2. The quantitative estimate of drug-likeness (QED) is 0.172. The lowest BCUT2D eigenvalue weighted by Crippen LogP contribution is -2.35. The zero-order valence-corrected chi connectivity index (χ0v) is 26.3. The maximum atomic E-state index is 16.1. The molecule has 0 radical (unpaired) electrons. The minimum Gasteiger partial charge on any atom is -0.387 e. The Bertz CT molecular complexity index is 2040. The van der Waals surface area contributed by atoms with Crippen LogP contribution in [-0.2, 0) is 43.9 Å². The Morgan fingerprint density at radius 3 is 2.48 bits per heavy atom. The van der Waals surface area contributed by atoms with E-state index in [2.05, 4.69) is 29.9 Å². The molecule has 3 saturated heterocycles. The number of anilines is 2. The van der Waals surface area contributed by atoms with E-state index in [1.54, 1.807) is 0 Å². The molecule has 10 atom stereocenters. The molecule has 46 heavy (non-hydrogen) atoms. The smallest absolute Gasteiger partial charge is 0.387 e. The molecule has 0 aromatic carbocycles. The van der Waals surface area contributed by atoms with Gasteiger partial charge in [0, 0.05) is 0 Å². The van der Waals surface area contributed by atoms with Crippen LogP contribution in [0.5, 0.6) is 0 Å². The number of imidazole rings is 2. The summed E-state index contributed by atoms with van der Waals surface area (Å²) in [5.74, 6) is -0.194. The van der Waals surface area contributed by atoms with Crippen molar-refractivity contribution in [2.45, 2.75) is 49.1 Å². The lowest BCUT2D eigenvalue weighted by molar-refractivity contribution is -0.0584. The van der Waals surface area contributed by atoms with Crippen molar-refractivity contribution in [2.24, 2.45) is 0 Å². The van der Waals surface area contributed by atoms with Crippen LogP contribution in [0.15, 0.2) is 23.8 Å². The summed E-state index contributed by atoms with van der Waals surface area (Å²) in [5.41, 5.74) is 16.8. The number of aliphatic hydroxyl groups is 1. The Hall–Kier alpha value is -3.01. The molecule has 0 spiro atoms. The highest BCUT2D eigenvalue weighted by Gasteiger charge is 2.53. The first-order valence-electron chi connectivity index (χ1n) is 13.1. The molecule has 0 aliphatic carbocycles. The van der Waals surface area contributed by atoms with E-state index < -0.39 is 81.4 Å². The minimum absolute atomic E-state index is 0.0664. The van der Waals surface area contributed by atoms with Crippen LogP contribution in [0.4, 0.5) is 16.2 Å². The highest BCUT2D eigenvalue weighted by molar-refractivity contribution is 8.48. The number of aromatic amines is 1. The van der Waals surface area contributed by atoms with E-state index in [0.717, 1.165) is 10.9 Å². The second-order valence-electron chi connectivity index (χ2n) is 10.2. The second kappa shape index (κ2) is 11.6. The normalized spacial score (nSPS) is 37.0. The van der Waals surface area contributed by atoms with Gasteiger partial charge in [-0.05, 0) is 22.6 Å². The number of hydrogen-bond acceptors (Lipinski definition) is 17. The van der Waals surface area contributed by atoms with Gasteiger partial charge in [0.25, 0.3) is 5.56 Å². The molecule has 3 aliphatic rings. The number of halogens is 1. The number of nitrogens with zero attached hydrogens (tertiary/aromatic N) is 7. The highest BCUT2D eigenvalue weighted by Crippen LogP contribution is 2.60. The molecule has 3 fully saturated rings. The maximum Gasteiger partial charge on any atom is 0.418 e. The van der Waals surface area contributed by atoms with Gasteiger partial charge in [0.15, 0.2) is 41.3 Å². The average molecular weight is 721 g/mol. The summed E-state index contributed by atoms with van der Waals surface area (Å²) in [6, 6.07) is 0. The lowest BCUT2D eigenvalue weighted by atomic mass is 10.1. The molecule has 25 heteroatoms. The summed E-state index contributed by atoms with van der Waals surface area (Å²) in [4.78, 5) is 45.7. The van der Waals surface area contributed by atoms with Gasteiger partial charge in [-0.1, -0.05) is 5.69 Å². The number of aromatic nitrogens is 8. The van der Waals surface area contributed by atoms with E-state index in [1.807, 2.05) is 0 Å². The number of nitrogens with two attached hydrogens (primary N) is 2. The molecule has 0 saturated carbocycles. The summed E-state index contributed by atoms with van der Waals surface area (Å²) < 4.78 is 66.7. The van der Waals surface area contributed by atoms with Crippen molar-refractivity contribution < 1.29 is 46.5 Å². The van der Waals surface area contributed by atoms with Crippen molar-refractivity contribution in [2.75, 3.05) is 24.7 Å². The van der Waals surface area contributed by atoms with Crippen LogP contribution < -0.4 is 17.0 Å². The SMILES string of the molecule is C#S[P@]1(=O)OC[C@H]2O[C@@H](n3cnc4c(=O)[nH]c(N)nc43)[C@H](F)[C@@H]2OP(O)(=S)OC[C@H]2O[C@@H](n3cnc4c(N)ncnc43)[C@H](O1)[C@@H]2O. The molecule has 4 aromatic rings. The van der Waals surface area contributed by atoms with Crippen LogP contribution >= 0.6 is 24.3 Å². The highest BCUT2D eigenvalue weighted by atomic mass is 32.7. The Morgan fingerprint density at radius 2 is 1.72 bits per heavy atom. The summed E-state index contributed by atoms with van der Waals surface area (Å²) in [5, 5.41) is 11.2. The molecular formula is C21H23FN10O10P2S2. The van der Waals surface area contributed by atoms with Crippen LogP contribution in [0.2, 0.25) is 0 Å². The van der Waals surface area contributed by atoms with Crippen LogP contribution in [0.1, 0.15) is 12.5 Å². The van der Waals surface area contributed by atoms with E-state index in [4.69, 9.17) is 56.5 Å². The van der Waals surface area contributed by atoms with Gasteiger partial charge < -0.3 is 35.5 Å². The third-order valence-electron chi connectivity index (χ3n) is 7.40. The maximum absolute atomic E-state index is 16.1. The molecular weight excluding hydrogens is 697 g/mol. The number of alkyl halides is 1. The molecule has 1 unspecified atom stereocenters. The molecule has 7 heterocycles. The van der Waals surface area contributed by atoms with Crippen molar-refractivity contribution in [1.82, 2.24) is 39.0 Å². The van der Waals surface area contributed by atoms with E-state index in [1.165, 1.54) is 17.2 Å². The number of nitrogens with one attached hydrogen (secondary N) is 1. The largest absolute Gasteiger partial charge is 0.418 e. The molecule has 7 rings (SSSR count). The first-order valence-corrected chi connectivity index (χ1v) is 18.8. The van der Waals surface area contributed by atoms with Gasteiger partial charge in [-0.2, -0.15) is 4.98 Å². The van der Waals surface area contributed by atoms with E-state index in [0.29, 0.717) is 0 Å². The lowest BCUT2D eigenvalue weighted by Gasteiger charge is -2.26. The summed E-state index contributed by atoms with van der Waals surface area (Å²) >= 11 is 5.17. The predicted octanol–water partition coefficient (Wildman–Crippen LogP) is 0.0820. The van der Waals surface area contributed by atoms with Crippen molar-refractivity contribution in [3.05, 3.63) is 29.3 Å². The number of rotatable bonds is 2. The van der Waals surface area contributed by atoms with Gasteiger partial charge in [-0.3, -0.25) is 32.5 Å². The topological polar surface area (TPSA) is 272 Å². The summed E-state index contributed by atoms with van der Waals surface area (Å²) in [7, 11) is 0.200. The Balaban J connectivity index is 1.23. The number of aliphatic hydroxyl groups excluding tert-OH is 1. The zero-order valence-electron chi connectivity index (χ0n) is 22.9. The third kappa shape index (κ3) is 5.42. The van der Waals surface area contributed by atoms with Crippen LogP contribution in [0.3, 0.4) is 0 Å². The van der Waals surface area contributed by atoms with Gasteiger partial charge in [0.1, 0.15) is 42.4 Å². The first kappa shape index (κ1) is 31.6. The van der Waals surface area contributed by atoms with Crippen LogP contribution in [0.25, 0.3) is 22.3 Å². The van der Waals surface area contributed by atoms with E-state index >= 15 is 4.39 Å². The minimum atomic E-state index is -4.39. The fourth-order valence-corrected chi connectivity index (χ4v) is 8.59. The zero-order chi connectivity index (χ0) is 32.5. The van der Waals surface area contributed by atoms with Gasteiger partial charge in [-0.15, -0.1) is 0 Å². The summed E-state index contributed by atoms with van der Waals surface area (Å²) in [6.45, 7) is -9.95. The molecule has 246 valence electrons. The van der Waals surface area contributed by atoms with Gasteiger partial charge in [0.2, 0.25) is 5.95 Å². The van der Waals surface area contributed by atoms with Gasteiger partial charge in [-0.25, -0.2) is 28.9 Å². The molecule has 0 amide bonds. The fraction of sp³-hybridized carbons (Fsp3) is 0.476. The van der Waals surface area contributed by atoms with Crippen molar-refractivity contribution >= 4 is 70.2 Å². The standard InChI is InChI=1S/C21H23FN10O10P2S2/c1-46-44(36)38-3-8-13(9(22)19(40-8)32-6-28-11-17(32)29-21(24)30-18(11)34)41-43(35,45)37-2-7-12(33)14(42-44)20(39-7)31-5-27-10-15(23)25-4-26-16(10)31/h1,4-9,12-14,19-20,33H,2-3H2,(H,35,45)(H2,23,25,26)(H3,24,29,30,34)/t7-,8-,9-,12-,13-,14-,19-,20-,43?,44-/m1/s1. The van der Waals surface area contributed by atoms with Crippen molar-refractivity contribution in [1.29, 1.82) is 0 Å². The Labute approximate surface area is 264 Å². The van der Waals surface area contributed by atoms with Gasteiger partial charge in [0.05, 0.1) is 25.9 Å². The third-order valence-corrected chi connectivity index (χ3v) is 11.5. The number of hydrogen-bond donors (Lipinski definition) is 5. The van der Waals surface area contributed by atoms with Crippen LogP contribution in [-0.4, -0.2) is 98.9 Å². The fourth-order valence-electron chi connectivity index (χ4n) is 5.31. The first-order chi connectivity index (χ1) is 21.9. The molecule has 20 nitrogen and oxygen atoms in total. The Morgan fingerprint density at radius 1 is 1.02 bits per heavy atom. The van der Waals surface area contributed by atoms with Crippen molar-refractivity contribution in [3.8, 4) is 5.69 Å². The number of H-pyrrole nitrogens is 1.